The van der Waals surface area contributed by atoms with Crippen LogP contribution in [-0.2, 0) is 28.6 Å². The van der Waals surface area contributed by atoms with E-state index in [1.54, 1.807) is 62.3 Å². The van der Waals surface area contributed by atoms with Gasteiger partial charge in [-0.25, -0.2) is 30.7 Å². The van der Waals surface area contributed by atoms with Crippen LogP contribution in [0.3, 0.4) is 0 Å². The molecule has 0 radical (unpaired) electrons. The maximum absolute atomic E-state index is 13.2. The van der Waals surface area contributed by atoms with Gasteiger partial charge >= 0.3 is 18.3 Å². The number of amides is 6. The average Bonchev–Trinajstić information content (AvgIpc) is 3.11. The molecule has 0 bridgehead atoms. The van der Waals surface area contributed by atoms with Crippen LogP contribution in [0.1, 0.15) is 179 Å². The number of carbonyl (C=O) groups is 6. The second-order valence-electron chi connectivity index (χ2n) is 24.1. The Morgan fingerprint density at radius 2 is 0.803 bits per heavy atom. The van der Waals surface area contributed by atoms with Gasteiger partial charge in [0.1, 0.15) is 29.1 Å². The fourth-order valence-corrected chi connectivity index (χ4v) is 16.5. The minimum absolute atomic E-state index is 0.0352. The van der Waals surface area contributed by atoms with Gasteiger partial charge in [0.25, 0.3) is 0 Å². The third kappa shape index (κ3) is 23.4. The van der Waals surface area contributed by atoms with Gasteiger partial charge < -0.3 is 14.2 Å². The maximum Gasteiger partial charge on any atom is 0.426 e. The predicted octanol–water partition coefficient (Wildman–Crippen LogP) is 11.1. The van der Waals surface area contributed by atoms with E-state index in [1.165, 1.54) is 0 Å². The topological polar surface area (TPSA) is 275 Å². The SMILES string of the molecule is CC(C)(C)N=P(NCCC(=O)NNC(=O)OC(C)(C)C)(NCCC(=O)NNC(=O)OC(C)(C)C)C(C)(C)C(C)(C)NP(Cl)(=NCCC(=O)NNC(=O)OC(C)(C)C)C(C)(C)C(C)(C)N=P(Cl)(Cl)C(C)(C)C. The third-order valence-corrected chi connectivity index (χ3v) is 26.4. The van der Waals surface area contributed by atoms with E-state index in [-0.39, 0.29) is 38.9 Å². The molecule has 9 N–H and O–H groups in total. The van der Waals surface area contributed by atoms with Gasteiger partial charge in [0, 0.05) is 54.7 Å². The van der Waals surface area contributed by atoms with Crippen LogP contribution in [-0.4, -0.2) is 105 Å². The van der Waals surface area contributed by atoms with Crippen LogP contribution < -0.4 is 47.8 Å². The Balaban J connectivity index is 7.76. The Labute approximate surface area is 439 Å². The maximum atomic E-state index is 13.2. The van der Waals surface area contributed by atoms with Crippen LogP contribution in [0.25, 0.3) is 0 Å². The molecular weight excluding hydrogens is 1040 g/mol. The zero-order valence-electron chi connectivity index (χ0n) is 46.7. The number of ether oxygens (including phenoxy) is 3. The van der Waals surface area contributed by atoms with E-state index in [4.69, 9.17) is 62.2 Å². The standard InChI is InChI=1S/C44H90Cl3N12O9P3/c1-36(2,3)57-71(49-28-25-31(61)52-55-34(64)67-38(7,8)9,50-29-26-32(62)53-56-35(65)68-39(10,11)12)44(22,23)42(18,19)59-70(47,43(20,21)41(16,17)58-69(45,46)40(13,14)15)48-27-24-30(60)51-54-33(63)66-37(4,5)6/h49-50,59H,24-29H2,1-23H3,(H,51,60)(H,52,61)(H,53,62)(H,54,63)(H,55,64)(H,56,65). The lowest BCUT2D eigenvalue weighted by Crippen LogP contribution is -2.60. The average molecular weight is 1130 g/mol. The number of rotatable bonds is 18. The molecule has 1 atom stereocenters. The number of nitrogens with zero attached hydrogens (tertiary/aromatic N) is 3. The molecule has 0 spiro atoms. The minimum atomic E-state index is -3.49. The summed E-state index contributed by atoms with van der Waals surface area (Å²) in [5.41, 5.74) is 8.67. The Morgan fingerprint density at radius 3 is 1.11 bits per heavy atom. The first kappa shape index (κ1) is 68.7. The summed E-state index contributed by atoms with van der Waals surface area (Å²) in [5.74, 6) is -4.64. The molecule has 1 unspecified atom stereocenters. The molecule has 0 aromatic heterocycles. The Morgan fingerprint density at radius 1 is 0.465 bits per heavy atom. The van der Waals surface area contributed by atoms with Gasteiger partial charge in [-0.15, -0.1) is 0 Å². The van der Waals surface area contributed by atoms with Gasteiger partial charge in [-0.05, 0) is 125 Å². The summed E-state index contributed by atoms with van der Waals surface area (Å²) in [6.07, 6.45) is -2.95. The second kappa shape index (κ2) is 25.5. The molecule has 21 nitrogen and oxygen atoms in total. The highest BCUT2D eigenvalue weighted by Gasteiger charge is 2.56. The van der Waals surface area contributed by atoms with Crippen LogP contribution in [0.5, 0.6) is 0 Å². The quantitative estimate of drug-likeness (QED) is 0.0352. The van der Waals surface area contributed by atoms with Gasteiger partial charge in [-0.3, -0.25) is 60.2 Å². The first-order valence-electron chi connectivity index (χ1n) is 23.4. The lowest BCUT2D eigenvalue weighted by molar-refractivity contribution is -0.122. The number of halogens is 3. The van der Waals surface area contributed by atoms with Crippen molar-refractivity contribution in [2.75, 3.05) is 19.6 Å². The second-order valence-corrected chi connectivity index (χ2v) is 37.5. The van der Waals surface area contributed by atoms with E-state index in [2.05, 4.69) is 47.8 Å². The molecule has 0 aromatic carbocycles. The molecule has 0 saturated heterocycles. The van der Waals surface area contributed by atoms with Crippen LogP contribution in [0, 0.1) is 0 Å². The van der Waals surface area contributed by atoms with Crippen molar-refractivity contribution in [2.45, 2.75) is 227 Å². The van der Waals surface area contributed by atoms with Crippen LogP contribution in [0.2, 0.25) is 0 Å². The lowest BCUT2D eigenvalue weighted by atomic mass is 9.90. The van der Waals surface area contributed by atoms with Crippen molar-refractivity contribution >= 4 is 89.4 Å². The molecule has 0 aliphatic carbocycles. The predicted molar refractivity (Wildman–Crippen MR) is 292 cm³/mol. The molecular formula is C44H90Cl3N12O9P3. The summed E-state index contributed by atoms with van der Waals surface area (Å²) in [4.78, 5) is 76.5. The van der Waals surface area contributed by atoms with E-state index < -0.39 is 105 Å². The monoisotopic (exact) mass is 1130 g/mol. The van der Waals surface area contributed by atoms with Crippen molar-refractivity contribution in [1.82, 2.24) is 47.8 Å². The normalized spacial score (nSPS) is 14.5. The summed E-state index contributed by atoms with van der Waals surface area (Å²) < 4.78 is 31.4. The summed E-state index contributed by atoms with van der Waals surface area (Å²) in [7, 11) is -3.28. The summed E-state index contributed by atoms with van der Waals surface area (Å²) >= 11 is 22.2. The number of nitrogens with one attached hydrogen (secondary N) is 9. The van der Waals surface area contributed by atoms with E-state index in [9.17, 15) is 28.8 Å². The van der Waals surface area contributed by atoms with Crippen molar-refractivity contribution < 1.29 is 43.0 Å². The van der Waals surface area contributed by atoms with Crippen LogP contribution >= 0.6 is 53.4 Å². The van der Waals surface area contributed by atoms with Crippen LogP contribution in [0.4, 0.5) is 14.4 Å². The zero-order valence-corrected chi connectivity index (χ0v) is 51.7. The van der Waals surface area contributed by atoms with E-state index in [0.29, 0.717) is 0 Å². The van der Waals surface area contributed by atoms with Gasteiger partial charge in [-0.1, -0.05) is 68.3 Å². The van der Waals surface area contributed by atoms with Crippen molar-refractivity contribution in [3.63, 3.8) is 0 Å². The van der Waals surface area contributed by atoms with Gasteiger partial charge in [0.15, 0.2) is 0 Å². The molecule has 0 rings (SSSR count). The van der Waals surface area contributed by atoms with E-state index >= 15 is 0 Å². The minimum Gasteiger partial charge on any atom is -0.443 e. The van der Waals surface area contributed by atoms with Crippen molar-refractivity contribution in [2.24, 2.45) is 14.2 Å². The molecule has 0 aromatic rings. The van der Waals surface area contributed by atoms with Crippen molar-refractivity contribution in [3.8, 4) is 0 Å². The molecule has 6 amide bonds. The third-order valence-electron chi connectivity index (χ3n) is 10.8. The molecule has 0 aliphatic rings. The van der Waals surface area contributed by atoms with E-state index in [1.807, 2.05) is 96.9 Å². The fourth-order valence-electron chi connectivity index (χ4n) is 5.72. The van der Waals surface area contributed by atoms with Gasteiger partial charge in [-0.2, -0.15) is 0 Å². The Bertz CT molecular complexity index is 2010. The zero-order chi connectivity index (χ0) is 56.3. The molecule has 71 heavy (non-hydrogen) atoms. The molecule has 0 aliphatic heterocycles. The first-order chi connectivity index (χ1) is 31.4. The number of hydrazine groups is 3. The largest absolute Gasteiger partial charge is 0.443 e. The summed E-state index contributed by atoms with van der Waals surface area (Å²) in [5, 5.41) is 8.31. The van der Waals surface area contributed by atoms with Gasteiger partial charge in [0.2, 0.25) is 17.7 Å². The Kier molecular flexibility index (Phi) is 24.6. The lowest BCUT2D eigenvalue weighted by Gasteiger charge is -2.55. The summed E-state index contributed by atoms with van der Waals surface area (Å²) in [6, 6.07) is 0. The number of hydrogen-bond acceptors (Lipinski definition) is 12. The molecule has 0 heterocycles. The molecule has 27 heteroatoms. The smallest absolute Gasteiger partial charge is 0.426 e. The molecule has 416 valence electrons. The highest BCUT2D eigenvalue weighted by atomic mass is 35.9. The number of hydrogen-bond donors (Lipinski definition) is 9. The van der Waals surface area contributed by atoms with E-state index in [0.717, 1.165) is 0 Å². The highest BCUT2D eigenvalue weighted by molar-refractivity contribution is 8.11. The number of carbonyl (C=O) groups excluding carboxylic acids is 6. The molecule has 0 saturated carbocycles. The first-order valence-corrected chi connectivity index (χ1v) is 31.4. The van der Waals surface area contributed by atoms with Crippen LogP contribution in [0.15, 0.2) is 14.2 Å². The van der Waals surface area contributed by atoms with Crippen molar-refractivity contribution in [3.05, 3.63) is 0 Å². The molecule has 0 fully saturated rings. The summed E-state index contributed by atoms with van der Waals surface area (Å²) in [6.45, 7) is 38.7. The van der Waals surface area contributed by atoms with Crippen molar-refractivity contribution in [1.29, 1.82) is 0 Å². The fraction of sp³-hybridized carbons (Fsp3) is 0.864. The Hall–Kier alpha value is -2.34. The highest BCUT2D eigenvalue weighted by Crippen LogP contribution is 2.75. The van der Waals surface area contributed by atoms with Gasteiger partial charge in [0.05, 0.1) is 23.6 Å².